The minimum absolute atomic E-state index is 0.00773. The Bertz CT molecular complexity index is 238. The van der Waals surface area contributed by atoms with Crippen LogP contribution in [0.15, 0.2) is 30.3 Å². The number of aliphatic hydroxyl groups is 1. The maximum absolute atomic E-state index is 8.67. The minimum Gasteiger partial charge on any atom is -0.394 e. The van der Waals surface area contributed by atoms with Gasteiger partial charge in [-0.1, -0.05) is 30.3 Å². The van der Waals surface area contributed by atoms with Gasteiger partial charge in [-0.05, 0) is 18.5 Å². The molecule has 0 fully saturated rings. The maximum Gasteiger partial charge on any atom is 0.0838 e. The molecule has 1 aromatic rings. The first-order chi connectivity index (χ1) is 6.88. The maximum atomic E-state index is 8.67. The molecular formula is C11H17NO2. The molecule has 0 heterocycles. The zero-order chi connectivity index (χ0) is 10.2. The second kappa shape index (κ2) is 6.54. The van der Waals surface area contributed by atoms with E-state index in [4.69, 9.17) is 15.6 Å². The monoisotopic (exact) mass is 195 g/mol. The van der Waals surface area contributed by atoms with Gasteiger partial charge in [0.1, 0.15) is 0 Å². The van der Waals surface area contributed by atoms with Crippen molar-refractivity contribution in [2.45, 2.75) is 12.5 Å². The lowest BCUT2D eigenvalue weighted by Crippen LogP contribution is -2.12. The van der Waals surface area contributed by atoms with Crippen molar-refractivity contribution < 1.29 is 9.84 Å². The Morgan fingerprint density at radius 1 is 1.29 bits per heavy atom. The number of benzene rings is 1. The van der Waals surface area contributed by atoms with E-state index in [-0.39, 0.29) is 12.7 Å². The fourth-order valence-electron chi connectivity index (χ4n) is 1.36. The van der Waals surface area contributed by atoms with Crippen molar-refractivity contribution in [2.24, 2.45) is 5.73 Å². The van der Waals surface area contributed by atoms with E-state index in [0.717, 1.165) is 12.0 Å². The number of hydrogen-bond acceptors (Lipinski definition) is 3. The van der Waals surface area contributed by atoms with E-state index in [2.05, 4.69) is 0 Å². The van der Waals surface area contributed by atoms with Crippen molar-refractivity contribution >= 4 is 0 Å². The van der Waals surface area contributed by atoms with Gasteiger partial charge in [0.15, 0.2) is 0 Å². The van der Waals surface area contributed by atoms with E-state index >= 15 is 0 Å². The summed E-state index contributed by atoms with van der Waals surface area (Å²) in [5.41, 5.74) is 6.61. The molecule has 0 amide bonds. The Labute approximate surface area is 84.5 Å². The highest BCUT2D eigenvalue weighted by molar-refractivity contribution is 5.17. The molecule has 1 unspecified atom stereocenters. The average Bonchev–Trinajstić information content (AvgIpc) is 2.25. The summed E-state index contributed by atoms with van der Waals surface area (Å²) in [4.78, 5) is 0. The predicted molar refractivity (Wildman–Crippen MR) is 55.9 cm³/mol. The molecule has 1 aromatic carbocycles. The lowest BCUT2D eigenvalue weighted by atomic mass is 10.1. The highest BCUT2D eigenvalue weighted by Gasteiger charge is 2.09. The first-order valence-electron chi connectivity index (χ1n) is 4.86. The predicted octanol–water partition coefficient (Wildman–Crippen LogP) is 1.09. The van der Waals surface area contributed by atoms with Gasteiger partial charge in [-0.15, -0.1) is 0 Å². The number of aliphatic hydroxyl groups excluding tert-OH is 1. The van der Waals surface area contributed by atoms with Gasteiger partial charge in [-0.3, -0.25) is 0 Å². The van der Waals surface area contributed by atoms with Gasteiger partial charge in [0.25, 0.3) is 0 Å². The van der Waals surface area contributed by atoms with Crippen molar-refractivity contribution in [3.05, 3.63) is 35.9 Å². The van der Waals surface area contributed by atoms with E-state index in [1.807, 2.05) is 30.3 Å². The van der Waals surface area contributed by atoms with Crippen LogP contribution < -0.4 is 5.73 Å². The molecule has 0 bridgehead atoms. The van der Waals surface area contributed by atoms with Gasteiger partial charge in [0.05, 0.1) is 19.3 Å². The second-order valence-corrected chi connectivity index (χ2v) is 3.07. The van der Waals surface area contributed by atoms with Crippen molar-refractivity contribution in [1.29, 1.82) is 0 Å². The Hall–Kier alpha value is -0.900. The summed E-state index contributed by atoms with van der Waals surface area (Å²) in [6.07, 6.45) is 0.789. The molecule has 3 nitrogen and oxygen atoms in total. The Balaban J connectivity index is 2.58. The SMILES string of the molecule is NCCC(OCCO)c1ccccc1. The molecule has 0 saturated heterocycles. The third kappa shape index (κ3) is 3.46. The van der Waals surface area contributed by atoms with Crippen LogP contribution in [0.5, 0.6) is 0 Å². The largest absolute Gasteiger partial charge is 0.394 e. The average molecular weight is 195 g/mol. The number of rotatable bonds is 6. The highest BCUT2D eigenvalue weighted by atomic mass is 16.5. The van der Waals surface area contributed by atoms with Gasteiger partial charge < -0.3 is 15.6 Å². The van der Waals surface area contributed by atoms with Crippen molar-refractivity contribution in [1.82, 2.24) is 0 Å². The zero-order valence-electron chi connectivity index (χ0n) is 8.23. The van der Waals surface area contributed by atoms with Crippen LogP contribution in [0, 0.1) is 0 Å². The smallest absolute Gasteiger partial charge is 0.0838 e. The summed E-state index contributed by atoms with van der Waals surface area (Å²) >= 11 is 0. The number of hydrogen-bond donors (Lipinski definition) is 2. The van der Waals surface area contributed by atoms with E-state index < -0.39 is 0 Å². The first-order valence-corrected chi connectivity index (χ1v) is 4.86. The molecule has 0 aliphatic carbocycles. The third-order valence-electron chi connectivity index (χ3n) is 2.01. The molecule has 14 heavy (non-hydrogen) atoms. The van der Waals surface area contributed by atoms with Gasteiger partial charge in [0.2, 0.25) is 0 Å². The lowest BCUT2D eigenvalue weighted by Gasteiger charge is -2.16. The molecule has 3 heteroatoms. The second-order valence-electron chi connectivity index (χ2n) is 3.07. The van der Waals surface area contributed by atoms with Gasteiger partial charge in [-0.25, -0.2) is 0 Å². The van der Waals surface area contributed by atoms with Crippen LogP contribution in [-0.4, -0.2) is 24.9 Å². The van der Waals surface area contributed by atoms with Gasteiger partial charge in [0, 0.05) is 0 Å². The van der Waals surface area contributed by atoms with Crippen LogP contribution in [-0.2, 0) is 4.74 Å². The van der Waals surface area contributed by atoms with E-state index in [1.54, 1.807) is 0 Å². The van der Waals surface area contributed by atoms with Crippen LogP contribution in [0.3, 0.4) is 0 Å². The fourth-order valence-corrected chi connectivity index (χ4v) is 1.36. The number of ether oxygens (including phenoxy) is 1. The zero-order valence-corrected chi connectivity index (χ0v) is 8.23. The van der Waals surface area contributed by atoms with Crippen molar-refractivity contribution in [3.63, 3.8) is 0 Å². The molecule has 0 radical (unpaired) electrons. The normalized spacial score (nSPS) is 12.7. The Morgan fingerprint density at radius 2 is 2.00 bits per heavy atom. The minimum atomic E-state index is 0.00773. The molecule has 78 valence electrons. The molecule has 3 N–H and O–H groups in total. The van der Waals surface area contributed by atoms with E-state index in [0.29, 0.717) is 13.2 Å². The molecule has 0 aromatic heterocycles. The van der Waals surface area contributed by atoms with Crippen molar-refractivity contribution in [3.8, 4) is 0 Å². The standard InChI is InChI=1S/C11H17NO2/c12-7-6-11(14-9-8-13)10-4-2-1-3-5-10/h1-5,11,13H,6-9,12H2. The summed E-state index contributed by atoms with van der Waals surface area (Å²) < 4.78 is 5.49. The molecular weight excluding hydrogens is 178 g/mol. The molecule has 1 atom stereocenters. The van der Waals surface area contributed by atoms with E-state index in [1.165, 1.54) is 0 Å². The summed E-state index contributed by atoms with van der Waals surface area (Å²) in [6.45, 7) is 0.998. The summed E-state index contributed by atoms with van der Waals surface area (Å²) in [5, 5.41) is 8.67. The molecule has 0 spiro atoms. The van der Waals surface area contributed by atoms with Gasteiger partial charge >= 0.3 is 0 Å². The summed E-state index contributed by atoms with van der Waals surface area (Å²) in [6, 6.07) is 9.94. The van der Waals surface area contributed by atoms with Gasteiger partial charge in [-0.2, -0.15) is 0 Å². The molecule has 0 aliphatic heterocycles. The lowest BCUT2D eigenvalue weighted by molar-refractivity contribution is 0.0244. The van der Waals surface area contributed by atoms with Crippen LogP contribution in [0.25, 0.3) is 0 Å². The fraction of sp³-hybridized carbons (Fsp3) is 0.455. The topological polar surface area (TPSA) is 55.5 Å². The highest BCUT2D eigenvalue weighted by Crippen LogP contribution is 2.19. The van der Waals surface area contributed by atoms with Crippen molar-refractivity contribution in [2.75, 3.05) is 19.8 Å². The molecule has 0 saturated carbocycles. The molecule has 0 aliphatic rings. The quantitative estimate of drug-likeness (QED) is 0.714. The Morgan fingerprint density at radius 3 is 2.57 bits per heavy atom. The van der Waals surface area contributed by atoms with Crippen LogP contribution in [0.1, 0.15) is 18.1 Å². The van der Waals surface area contributed by atoms with Crippen LogP contribution in [0.2, 0.25) is 0 Å². The first kappa shape index (κ1) is 11.2. The van der Waals surface area contributed by atoms with Crippen LogP contribution >= 0.6 is 0 Å². The summed E-state index contributed by atoms with van der Waals surface area (Å²) in [5.74, 6) is 0. The third-order valence-corrected chi connectivity index (χ3v) is 2.01. The van der Waals surface area contributed by atoms with E-state index in [9.17, 15) is 0 Å². The molecule has 1 rings (SSSR count). The summed E-state index contributed by atoms with van der Waals surface area (Å²) in [7, 11) is 0. The van der Waals surface area contributed by atoms with Crippen LogP contribution in [0.4, 0.5) is 0 Å². The number of nitrogens with two attached hydrogens (primary N) is 1. The Kier molecular flexibility index (Phi) is 5.22.